The molecule has 0 radical (unpaired) electrons. The maximum absolute atomic E-state index is 6.05. The Morgan fingerprint density at radius 3 is 3.00 bits per heavy atom. The molecule has 1 fully saturated rings. The predicted octanol–water partition coefficient (Wildman–Crippen LogP) is 4.37. The van der Waals surface area contributed by atoms with Gasteiger partial charge in [-0.25, -0.2) is 0 Å². The molecule has 0 bridgehead atoms. The summed E-state index contributed by atoms with van der Waals surface area (Å²) >= 11 is 1.57. The van der Waals surface area contributed by atoms with E-state index in [9.17, 15) is 0 Å². The van der Waals surface area contributed by atoms with Crippen molar-refractivity contribution in [1.29, 1.82) is 0 Å². The molecule has 4 nitrogen and oxygen atoms in total. The summed E-state index contributed by atoms with van der Waals surface area (Å²) in [6.45, 7) is 4.27. The molecule has 1 saturated carbocycles. The molecule has 2 atom stereocenters. The van der Waals surface area contributed by atoms with Gasteiger partial charge in [-0.05, 0) is 36.6 Å². The van der Waals surface area contributed by atoms with E-state index in [-0.39, 0.29) is 0 Å². The fourth-order valence-electron chi connectivity index (χ4n) is 3.01. The van der Waals surface area contributed by atoms with Crippen LogP contribution in [0.4, 0.5) is 5.69 Å². The van der Waals surface area contributed by atoms with Gasteiger partial charge in [0.25, 0.3) is 5.89 Å². The lowest BCUT2D eigenvalue weighted by molar-refractivity contribution is 0.300. The number of hydrogen-bond donors (Lipinski definition) is 1. The number of aryl methyl sites for hydroxylation is 1. The molecule has 1 aliphatic rings. The van der Waals surface area contributed by atoms with Crippen molar-refractivity contribution in [1.82, 2.24) is 10.1 Å². The van der Waals surface area contributed by atoms with E-state index in [0.29, 0.717) is 11.8 Å². The van der Waals surface area contributed by atoms with E-state index in [2.05, 4.69) is 17.1 Å². The van der Waals surface area contributed by atoms with Crippen LogP contribution in [-0.4, -0.2) is 10.1 Å². The average Bonchev–Trinajstić information content (AvgIpc) is 3.07. The van der Waals surface area contributed by atoms with Crippen molar-refractivity contribution in [2.45, 2.75) is 51.9 Å². The van der Waals surface area contributed by atoms with Crippen molar-refractivity contribution in [3.05, 3.63) is 16.8 Å². The highest BCUT2D eigenvalue weighted by Crippen LogP contribution is 2.38. The zero-order valence-electron chi connectivity index (χ0n) is 12.1. The molecular weight excluding hydrogens is 270 g/mol. The summed E-state index contributed by atoms with van der Waals surface area (Å²) in [5.41, 5.74) is 7.89. The molecular formula is C15H21N3OS. The standard InChI is InChI=1S/C15H21N3OS/c1-3-10-5-4-6-11(7-10)14-17-15(19-18-14)13-12(16)9(2)8-20-13/h8,10-11H,3-7,16H2,1-2H3. The van der Waals surface area contributed by atoms with Crippen molar-refractivity contribution in [2.24, 2.45) is 5.92 Å². The molecule has 5 heteroatoms. The van der Waals surface area contributed by atoms with Gasteiger partial charge in [0.15, 0.2) is 5.82 Å². The van der Waals surface area contributed by atoms with Crippen molar-refractivity contribution < 1.29 is 4.52 Å². The Kier molecular flexibility index (Phi) is 3.78. The van der Waals surface area contributed by atoms with Crippen LogP contribution in [0.1, 0.15) is 56.3 Å². The highest BCUT2D eigenvalue weighted by molar-refractivity contribution is 7.14. The lowest BCUT2D eigenvalue weighted by Gasteiger charge is -2.26. The molecule has 0 saturated heterocycles. The van der Waals surface area contributed by atoms with Gasteiger partial charge in [0.2, 0.25) is 0 Å². The number of thiophene rings is 1. The van der Waals surface area contributed by atoms with Gasteiger partial charge < -0.3 is 10.3 Å². The highest BCUT2D eigenvalue weighted by atomic mass is 32.1. The van der Waals surface area contributed by atoms with Gasteiger partial charge in [-0.1, -0.05) is 31.3 Å². The van der Waals surface area contributed by atoms with E-state index in [4.69, 9.17) is 10.3 Å². The Morgan fingerprint density at radius 1 is 1.45 bits per heavy atom. The van der Waals surface area contributed by atoms with Crippen LogP contribution >= 0.6 is 11.3 Å². The molecule has 3 rings (SSSR count). The highest BCUT2D eigenvalue weighted by Gasteiger charge is 2.26. The monoisotopic (exact) mass is 291 g/mol. The molecule has 1 aliphatic carbocycles. The summed E-state index contributed by atoms with van der Waals surface area (Å²) in [5, 5.41) is 6.23. The molecule has 2 heterocycles. The summed E-state index contributed by atoms with van der Waals surface area (Å²) in [7, 11) is 0. The van der Waals surface area contributed by atoms with Crippen LogP contribution in [0.2, 0.25) is 0 Å². The zero-order valence-corrected chi connectivity index (χ0v) is 12.9. The van der Waals surface area contributed by atoms with Crippen LogP contribution in [0.5, 0.6) is 0 Å². The lowest BCUT2D eigenvalue weighted by atomic mass is 9.80. The summed E-state index contributed by atoms with van der Waals surface area (Å²) in [6, 6.07) is 0. The number of nitrogens with zero attached hydrogens (tertiary/aromatic N) is 2. The third-order valence-electron chi connectivity index (χ3n) is 4.38. The Bertz CT molecular complexity index is 590. The molecule has 20 heavy (non-hydrogen) atoms. The van der Waals surface area contributed by atoms with Crippen molar-refractivity contribution in [2.75, 3.05) is 5.73 Å². The molecule has 0 aliphatic heterocycles. The Balaban J connectivity index is 1.81. The first-order chi connectivity index (χ1) is 9.69. The van der Waals surface area contributed by atoms with E-state index in [1.807, 2.05) is 12.3 Å². The molecule has 0 aromatic carbocycles. The van der Waals surface area contributed by atoms with Crippen LogP contribution in [0.25, 0.3) is 10.8 Å². The van der Waals surface area contributed by atoms with Crippen LogP contribution in [0.15, 0.2) is 9.90 Å². The maximum atomic E-state index is 6.05. The first kappa shape index (κ1) is 13.6. The summed E-state index contributed by atoms with van der Waals surface area (Å²) in [5.74, 6) is 2.70. The van der Waals surface area contributed by atoms with Gasteiger partial charge in [0.1, 0.15) is 4.88 Å². The second kappa shape index (κ2) is 5.56. The number of nitrogens with two attached hydrogens (primary N) is 1. The van der Waals surface area contributed by atoms with Gasteiger partial charge in [-0.3, -0.25) is 0 Å². The van der Waals surface area contributed by atoms with Crippen molar-refractivity contribution >= 4 is 17.0 Å². The molecule has 2 N–H and O–H groups in total. The summed E-state index contributed by atoms with van der Waals surface area (Å²) in [4.78, 5) is 5.51. The van der Waals surface area contributed by atoms with E-state index in [1.165, 1.54) is 32.1 Å². The molecule has 2 aromatic rings. The van der Waals surface area contributed by atoms with Crippen molar-refractivity contribution in [3.8, 4) is 10.8 Å². The minimum Gasteiger partial charge on any atom is -0.397 e. The number of nitrogen functional groups attached to an aromatic ring is 1. The van der Waals surface area contributed by atoms with Gasteiger partial charge in [0.05, 0.1) is 5.69 Å². The topological polar surface area (TPSA) is 64.9 Å². The molecule has 0 spiro atoms. The Morgan fingerprint density at radius 2 is 2.30 bits per heavy atom. The van der Waals surface area contributed by atoms with Crippen molar-refractivity contribution in [3.63, 3.8) is 0 Å². The van der Waals surface area contributed by atoms with E-state index < -0.39 is 0 Å². The Hall–Kier alpha value is -1.36. The first-order valence-corrected chi connectivity index (χ1v) is 8.24. The quantitative estimate of drug-likeness (QED) is 0.911. The Labute approximate surface area is 123 Å². The fraction of sp³-hybridized carbons (Fsp3) is 0.600. The lowest BCUT2D eigenvalue weighted by Crippen LogP contribution is -2.14. The van der Waals surface area contributed by atoms with Gasteiger partial charge in [-0.15, -0.1) is 11.3 Å². The maximum Gasteiger partial charge on any atom is 0.270 e. The van der Waals surface area contributed by atoms with E-state index in [0.717, 1.165) is 27.9 Å². The average molecular weight is 291 g/mol. The van der Waals surface area contributed by atoms with E-state index >= 15 is 0 Å². The first-order valence-electron chi connectivity index (χ1n) is 7.36. The molecule has 108 valence electrons. The molecule has 0 amide bonds. The molecule has 2 aromatic heterocycles. The normalized spacial score (nSPS) is 23.1. The molecule has 2 unspecified atom stereocenters. The van der Waals surface area contributed by atoms with Crippen LogP contribution < -0.4 is 5.73 Å². The van der Waals surface area contributed by atoms with Gasteiger partial charge in [-0.2, -0.15) is 4.98 Å². The summed E-state index contributed by atoms with van der Waals surface area (Å²) < 4.78 is 5.44. The van der Waals surface area contributed by atoms with Crippen LogP contribution in [-0.2, 0) is 0 Å². The number of hydrogen-bond acceptors (Lipinski definition) is 5. The summed E-state index contributed by atoms with van der Waals surface area (Å²) in [6.07, 6.45) is 6.23. The predicted molar refractivity (Wildman–Crippen MR) is 81.8 cm³/mol. The third-order valence-corrected chi connectivity index (χ3v) is 5.49. The van der Waals surface area contributed by atoms with Gasteiger partial charge in [0, 0.05) is 5.92 Å². The second-order valence-electron chi connectivity index (χ2n) is 5.76. The minimum atomic E-state index is 0.452. The number of rotatable bonds is 3. The number of anilines is 1. The smallest absolute Gasteiger partial charge is 0.270 e. The minimum absolute atomic E-state index is 0.452. The zero-order chi connectivity index (χ0) is 14.1. The number of aromatic nitrogens is 2. The van der Waals surface area contributed by atoms with Crippen LogP contribution in [0.3, 0.4) is 0 Å². The van der Waals surface area contributed by atoms with E-state index in [1.54, 1.807) is 11.3 Å². The second-order valence-corrected chi connectivity index (χ2v) is 6.64. The largest absolute Gasteiger partial charge is 0.397 e. The van der Waals surface area contributed by atoms with Gasteiger partial charge >= 0.3 is 0 Å². The van der Waals surface area contributed by atoms with Crippen LogP contribution in [0, 0.1) is 12.8 Å². The third kappa shape index (κ3) is 2.46. The SMILES string of the molecule is CCC1CCCC(c2noc(-c3scc(C)c3N)n2)C1. The fourth-order valence-corrected chi connectivity index (χ4v) is 3.90.